The number of carbonyl (C=O) groups excluding carboxylic acids is 1. The first-order valence-electron chi connectivity index (χ1n) is 9.88. The number of hydrogen-bond acceptors (Lipinski definition) is 2. The Bertz CT molecular complexity index is 1460. The van der Waals surface area contributed by atoms with Crippen LogP contribution >= 0.6 is 0 Å². The number of primary amides is 1. The molecule has 32 heavy (non-hydrogen) atoms. The molecule has 7 heteroatoms. The van der Waals surface area contributed by atoms with Crippen LogP contribution in [0.25, 0.3) is 33.1 Å². The topological polar surface area (TPSA) is 61.2 Å². The summed E-state index contributed by atoms with van der Waals surface area (Å²) in [6.45, 7) is 0.188. The molecule has 0 unspecified atom stereocenters. The summed E-state index contributed by atoms with van der Waals surface area (Å²) in [7, 11) is 0. The van der Waals surface area contributed by atoms with Crippen LogP contribution < -0.4 is 5.73 Å². The van der Waals surface area contributed by atoms with Crippen molar-refractivity contribution in [3.05, 3.63) is 95.7 Å². The number of amides is 1. The third-order valence-electron chi connectivity index (χ3n) is 5.56. The van der Waals surface area contributed by atoms with Crippen LogP contribution in [0.3, 0.4) is 0 Å². The minimum absolute atomic E-state index is 0.188. The van der Waals surface area contributed by atoms with E-state index in [-0.39, 0.29) is 6.54 Å². The number of nitrogens with zero attached hydrogens (tertiary/aromatic N) is 1. The van der Waals surface area contributed by atoms with Gasteiger partial charge < -0.3 is 14.7 Å². The Morgan fingerprint density at radius 2 is 1.75 bits per heavy atom. The van der Waals surface area contributed by atoms with Crippen LogP contribution in [0.2, 0.25) is 0 Å². The predicted molar refractivity (Wildman–Crippen MR) is 116 cm³/mol. The van der Waals surface area contributed by atoms with Crippen molar-refractivity contribution in [2.24, 2.45) is 5.73 Å². The monoisotopic (exact) mass is 434 g/mol. The molecule has 2 aromatic heterocycles. The molecule has 0 aliphatic carbocycles. The average molecular weight is 434 g/mol. The van der Waals surface area contributed by atoms with Gasteiger partial charge in [-0.05, 0) is 48.0 Å². The maximum Gasteiger partial charge on any atom is 0.416 e. The summed E-state index contributed by atoms with van der Waals surface area (Å²) in [5.41, 5.74) is 8.06. The number of nitrogens with two attached hydrogens (primary N) is 1. The molecule has 0 spiro atoms. The van der Waals surface area contributed by atoms with Gasteiger partial charge in [0.15, 0.2) is 0 Å². The molecule has 2 heterocycles. The normalized spacial score (nSPS) is 12.0. The van der Waals surface area contributed by atoms with Gasteiger partial charge in [0.1, 0.15) is 5.76 Å². The smallest absolute Gasteiger partial charge is 0.416 e. The molecule has 160 valence electrons. The van der Waals surface area contributed by atoms with E-state index in [0.717, 1.165) is 28.6 Å². The van der Waals surface area contributed by atoms with E-state index in [1.807, 2.05) is 34.9 Å². The van der Waals surface area contributed by atoms with Gasteiger partial charge in [0.05, 0.1) is 22.9 Å². The Kier molecular flexibility index (Phi) is 4.55. The Labute approximate surface area is 180 Å². The fraction of sp³-hybridized carbons (Fsp3) is 0.0800. The van der Waals surface area contributed by atoms with E-state index in [4.69, 9.17) is 10.2 Å². The number of rotatable bonds is 4. The van der Waals surface area contributed by atoms with Crippen LogP contribution in [0.1, 0.15) is 21.5 Å². The quantitative estimate of drug-likeness (QED) is 0.365. The molecule has 0 radical (unpaired) electrons. The van der Waals surface area contributed by atoms with Crippen molar-refractivity contribution in [3.8, 4) is 11.3 Å². The summed E-state index contributed by atoms with van der Waals surface area (Å²) in [5.74, 6) is 0.0988. The van der Waals surface area contributed by atoms with Crippen molar-refractivity contribution in [1.29, 1.82) is 0 Å². The number of halogens is 3. The zero-order valence-electron chi connectivity index (χ0n) is 16.7. The van der Waals surface area contributed by atoms with Gasteiger partial charge in [-0.1, -0.05) is 30.3 Å². The van der Waals surface area contributed by atoms with E-state index in [1.54, 1.807) is 30.5 Å². The lowest BCUT2D eigenvalue weighted by Crippen LogP contribution is -2.11. The standard InChI is InChI=1S/C25H17F3N2O2/c26-25(27,28)17-5-1-4-15(12-17)14-30-20-7-2-6-19(24(29)31)23(20)18-10-9-16(13-21(18)30)22-8-3-11-32-22/h1-13H,14H2,(H2,29,31). The molecule has 0 atom stereocenters. The zero-order valence-corrected chi connectivity index (χ0v) is 16.7. The number of carbonyl (C=O) groups is 1. The molecular weight excluding hydrogens is 417 g/mol. The Balaban J connectivity index is 1.77. The number of furan rings is 1. The number of aromatic nitrogens is 1. The largest absolute Gasteiger partial charge is 0.464 e. The molecule has 1 amide bonds. The predicted octanol–water partition coefficient (Wildman–Crippen LogP) is 6.22. The minimum atomic E-state index is -4.43. The molecular formula is C25H17F3N2O2. The molecule has 5 aromatic rings. The highest BCUT2D eigenvalue weighted by Gasteiger charge is 2.30. The maximum atomic E-state index is 13.2. The molecule has 0 fully saturated rings. The van der Waals surface area contributed by atoms with Gasteiger partial charge >= 0.3 is 6.18 Å². The molecule has 0 aliphatic rings. The Hall–Kier alpha value is -4.00. The van der Waals surface area contributed by atoms with Crippen molar-refractivity contribution in [1.82, 2.24) is 4.57 Å². The molecule has 5 rings (SSSR count). The summed E-state index contributed by atoms with van der Waals surface area (Å²) in [4.78, 5) is 12.1. The zero-order chi connectivity index (χ0) is 22.5. The fourth-order valence-corrected chi connectivity index (χ4v) is 4.14. The SMILES string of the molecule is NC(=O)c1cccc2c1c1ccc(-c3ccco3)cc1n2Cc1cccc(C(F)(F)F)c1. The van der Waals surface area contributed by atoms with E-state index in [0.29, 0.717) is 27.8 Å². The summed E-state index contributed by atoms with van der Waals surface area (Å²) >= 11 is 0. The van der Waals surface area contributed by atoms with Gasteiger partial charge in [0.25, 0.3) is 0 Å². The third-order valence-corrected chi connectivity index (χ3v) is 5.56. The lowest BCUT2D eigenvalue weighted by atomic mass is 10.0. The van der Waals surface area contributed by atoms with Gasteiger partial charge in [0, 0.05) is 28.4 Å². The second-order valence-corrected chi connectivity index (χ2v) is 7.56. The molecule has 0 saturated carbocycles. The van der Waals surface area contributed by atoms with Crippen molar-refractivity contribution >= 4 is 27.7 Å². The second kappa shape index (κ2) is 7.30. The summed E-state index contributed by atoms with van der Waals surface area (Å²) in [5, 5.41) is 1.46. The van der Waals surface area contributed by atoms with Crippen molar-refractivity contribution in [2.75, 3.05) is 0 Å². The maximum absolute atomic E-state index is 13.2. The Morgan fingerprint density at radius 3 is 2.47 bits per heavy atom. The highest BCUT2D eigenvalue weighted by atomic mass is 19.4. The number of benzene rings is 3. The second-order valence-electron chi connectivity index (χ2n) is 7.56. The van der Waals surface area contributed by atoms with Gasteiger partial charge in [0.2, 0.25) is 5.91 Å². The van der Waals surface area contributed by atoms with Crippen LogP contribution in [-0.4, -0.2) is 10.5 Å². The first-order valence-corrected chi connectivity index (χ1v) is 9.88. The number of alkyl halides is 3. The van der Waals surface area contributed by atoms with Crippen LogP contribution in [0.5, 0.6) is 0 Å². The third kappa shape index (κ3) is 3.32. The molecule has 0 saturated heterocycles. The van der Waals surface area contributed by atoms with Crippen LogP contribution in [0, 0.1) is 0 Å². The van der Waals surface area contributed by atoms with Gasteiger partial charge in [-0.2, -0.15) is 13.2 Å². The van der Waals surface area contributed by atoms with Gasteiger partial charge in [-0.25, -0.2) is 0 Å². The summed E-state index contributed by atoms with van der Waals surface area (Å²) in [6, 6.07) is 19.7. The van der Waals surface area contributed by atoms with Gasteiger partial charge in [-0.3, -0.25) is 4.79 Å². The highest BCUT2D eigenvalue weighted by molar-refractivity contribution is 6.18. The first-order chi connectivity index (χ1) is 15.3. The average Bonchev–Trinajstić information content (AvgIpc) is 3.40. The number of fused-ring (bicyclic) bond motifs is 3. The molecule has 4 nitrogen and oxygen atoms in total. The van der Waals surface area contributed by atoms with Crippen LogP contribution in [-0.2, 0) is 12.7 Å². The van der Waals surface area contributed by atoms with Crippen molar-refractivity contribution < 1.29 is 22.4 Å². The van der Waals surface area contributed by atoms with Crippen LogP contribution in [0.15, 0.2) is 83.5 Å². The first kappa shape index (κ1) is 19.9. The molecule has 0 aliphatic heterocycles. The van der Waals surface area contributed by atoms with E-state index >= 15 is 0 Å². The lowest BCUT2D eigenvalue weighted by Gasteiger charge is -2.12. The van der Waals surface area contributed by atoms with E-state index in [1.165, 1.54) is 6.07 Å². The summed E-state index contributed by atoms with van der Waals surface area (Å²) in [6.07, 6.45) is -2.86. The van der Waals surface area contributed by atoms with Crippen LogP contribution in [0.4, 0.5) is 13.2 Å². The van der Waals surface area contributed by atoms with E-state index in [2.05, 4.69) is 0 Å². The molecule has 2 N–H and O–H groups in total. The lowest BCUT2D eigenvalue weighted by molar-refractivity contribution is -0.137. The van der Waals surface area contributed by atoms with Gasteiger partial charge in [-0.15, -0.1) is 0 Å². The van der Waals surface area contributed by atoms with Crippen molar-refractivity contribution in [2.45, 2.75) is 12.7 Å². The van der Waals surface area contributed by atoms with E-state index in [9.17, 15) is 18.0 Å². The summed E-state index contributed by atoms with van der Waals surface area (Å²) < 4.78 is 47.1. The van der Waals surface area contributed by atoms with Crippen molar-refractivity contribution in [3.63, 3.8) is 0 Å². The van der Waals surface area contributed by atoms with E-state index < -0.39 is 17.6 Å². The Morgan fingerprint density at radius 1 is 0.938 bits per heavy atom. The minimum Gasteiger partial charge on any atom is -0.464 e. The fourth-order valence-electron chi connectivity index (χ4n) is 4.14. The highest BCUT2D eigenvalue weighted by Crippen LogP contribution is 2.36. The molecule has 3 aromatic carbocycles. The number of hydrogen-bond donors (Lipinski definition) is 1. The molecule has 0 bridgehead atoms.